The van der Waals surface area contributed by atoms with E-state index in [1.807, 2.05) is 27.7 Å². The van der Waals surface area contributed by atoms with Gasteiger partial charge in [-0.3, -0.25) is 4.79 Å². The Hall–Kier alpha value is -1.10. The molecule has 1 saturated heterocycles. The molecule has 1 aliphatic heterocycles. The van der Waals surface area contributed by atoms with Crippen molar-refractivity contribution in [2.45, 2.75) is 64.5 Å². The zero-order valence-electron chi connectivity index (χ0n) is 12.5. The van der Waals surface area contributed by atoms with E-state index in [0.717, 1.165) is 12.8 Å². The molecule has 0 aromatic rings. The molecule has 1 aliphatic rings. The Morgan fingerprint density at radius 1 is 1.37 bits per heavy atom. The van der Waals surface area contributed by atoms with Crippen LogP contribution in [0.5, 0.6) is 0 Å². The van der Waals surface area contributed by atoms with Gasteiger partial charge in [0.1, 0.15) is 5.54 Å². The van der Waals surface area contributed by atoms with Crippen LogP contribution in [0.15, 0.2) is 0 Å². The van der Waals surface area contributed by atoms with Crippen LogP contribution in [0.4, 0.5) is 0 Å². The van der Waals surface area contributed by atoms with E-state index in [0.29, 0.717) is 25.9 Å². The fraction of sp³-hybridized carbons (Fsp3) is 0.857. The molecule has 0 bridgehead atoms. The molecule has 2 N–H and O–H groups in total. The first-order chi connectivity index (χ1) is 8.81. The molecular weight excluding hydrogens is 244 g/mol. The average molecular weight is 270 g/mol. The van der Waals surface area contributed by atoms with E-state index < -0.39 is 17.0 Å². The molecule has 1 atom stereocenters. The summed E-state index contributed by atoms with van der Waals surface area (Å²) in [6, 6.07) is 0. The van der Waals surface area contributed by atoms with Crippen molar-refractivity contribution >= 4 is 11.9 Å². The summed E-state index contributed by atoms with van der Waals surface area (Å²) < 4.78 is 0. The van der Waals surface area contributed by atoms with Gasteiger partial charge in [-0.15, -0.1) is 0 Å². The van der Waals surface area contributed by atoms with Gasteiger partial charge in [0.15, 0.2) is 0 Å². The van der Waals surface area contributed by atoms with Crippen LogP contribution in [0, 0.1) is 0 Å². The highest BCUT2D eigenvalue weighted by atomic mass is 16.4. The van der Waals surface area contributed by atoms with Crippen LogP contribution < -0.4 is 5.32 Å². The lowest BCUT2D eigenvalue weighted by Crippen LogP contribution is -2.61. The van der Waals surface area contributed by atoms with Gasteiger partial charge in [-0.05, 0) is 39.7 Å². The standard InChI is InChI=1S/C14H26N2O3/c1-5-8-14(12(18)19)9-7-10-16(14)11(17)13(3,4)15-6-2/h15H,5-10H2,1-4H3,(H,18,19). The predicted molar refractivity (Wildman–Crippen MR) is 74.0 cm³/mol. The molecule has 1 heterocycles. The normalized spacial score (nSPS) is 23.7. The second kappa shape index (κ2) is 5.90. The summed E-state index contributed by atoms with van der Waals surface area (Å²) in [5.41, 5.74) is -1.72. The zero-order valence-corrected chi connectivity index (χ0v) is 12.5. The molecule has 0 aromatic carbocycles. The molecular formula is C14H26N2O3. The van der Waals surface area contributed by atoms with Crippen molar-refractivity contribution in [1.82, 2.24) is 10.2 Å². The number of likely N-dealkylation sites (N-methyl/N-ethyl adjacent to an activating group) is 1. The topological polar surface area (TPSA) is 69.6 Å². The van der Waals surface area contributed by atoms with Crippen LogP contribution >= 0.6 is 0 Å². The number of aliphatic carboxylic acids is 1. The molecule has 19 heavy (non-hydrogen) atoms. The van der Waals surface area contributed by atoms with Gasteiger partial charge in [-0.2, -0.15) is 0 Å². The number of nitrogens with zero attached hydrogens (tertiary/aromatic N) is 1. The van der Waals surface area contributed by atoms with E-state index in [1.54, 1.807) is 4.90 Å². The van der Waals surface area contributed by atoms with Crippen molar-refractivity contribution in [3.63, 3.8) is 0 Å². The molecule has 1 unspecified atom stereocenters. The number of rotatable bonds is 6. The third-order valence-corrected chi connectivity index (χ3v) is 3.95. The lowest BCUT2D eigenvalue weighted by molar-refractivity contribution is -0.159. The fourth-order valence-electron chi connectivity index (χ4n) is 3.03. The van der Waals surface area contributed by atoms with Crippen LogP contribution in [-0.4, -0.2) is 46.1 Å². The van der Waals surface area contributed by atoms with Gasteiger partial charge in [0, 0.05) is 6.54 Å². The van der Waals surface area contributed by atoms with E-state index in [1.165, 1.54) is 0 Å². The Bertz CT molecular complexity index is 355. The zero-order chi connectivity index (χ0) is 14.7. The smallest absolute Gasteiger partial charge is 0.329 e. The summed E-state index contributed by atoms with van der Waals surface area (Å²) in [6.07, 6.45) is 2.61. The summed E-state index contributed by atoms with van der Waals surface area (Å²) in [7, 11) is 0. The number of hydrogen-bond donors (Lipinski definition) is 2. The largest absolute Gasteiger partial charge is 0.479 e. The molecule has 5 heteroatoms. The monoisotopic (exact) mass is 270 g/mol. The van der Waals surface area contributed by atoms with Crippen LogP contribution in [0.25, 0.3) is 0 Å². The van der Waals surface area contributed by atoms with Gasteiger partial charge in [-0.1, -0.05) is 20.3 Å². The lowest BCUT2D eigenvalue weighted by Gasteiger charge is -2.39. The quantitative estimate of drug-likeness (QED) is 0.769. The minimum atomic E-state index is -1.00. The molecule has 5 nitrogen and oxygen atoms in total. The molecule has 0 aromatic heterocycles. The molecule has 1 rings (SSSR count). The Morgan fingerprint density at radius 2 is 2.00 bits per heavy atom. The predicted octanol–water partition coefficient (Wildman–Crippen LogP) is 1.62. The van der Waals surface area contributed by atoms with Crippen molar-refractivity contribution in [2.24, 2.45) is 0 Å². The van der Waals surface area contributed by atoms with Crippen LogP contribution in [0.1, 0.15) is 53.4 Å². The van der Waals surface area contributed by atoms with Gasteiger partial charge in [-0.25, -0.2) is 4.79 Å². The Labute approximate surface area is 115 Å². The minimum Gasteiger partial charge on any atom is -0.479 e. The first-order valence-electron chi connectivity index (χ1n) is 7.12. The Kier molecular flexibility index (Phi) is 4.96. The highest BCUT2D eigenvalue weighted by Gasteiger charge is 2.51. The number of carbonyl (C=O) groups excluding carboxylic acids is 1. The number of likely N-dealkylation sites (tertiary alicyclic amines) is 1. The SMILES string of the molecule is CCCC1(C(=O)O)CCCN1C(=O)C(C)(C)NCC. The van der Waals surface area contributed by atoms with Crippen LogP contribution in [0.3, 0.4) is 0 Å². The highest BCUT2D eigenvalue weighted by molar-refractivity contribution is 5.92. The van der Waals surface area contributed by atoms with Gasteiger partial charge in [0.25, 0.3) is 0 Å². The summed E-state index contributed by atoms with van der Waals surface area (Å²) in [5.74, 6) is -0.977. The van der Waals surface area contributed by atoms with Gasteiger partial charge >= 0.3 is 5.97 Å². The van der Waals surface area contributed by atoms with E-state index in [-0.39, 0.29) is 5.91 Å². The maximum Gasteiger partial charge on any atom is 0.329 e. The first kappa shape index (κ1) is 16.0. The molecule has 0 saturated carbocycles. The third-order valence-electron chi connectivity index (χ3n) is 3.95. The van der Waals surface area contributed by atoms with Crippen LogP contribution in [-0.2, 0) is 9.59 Å². The summed E-state index contributed by atoms with van der Waals surface area (Å²) in [5, 5.41) is 12.7. The Morgan fingerprint density at radius 3 is 2.47 bits per heavy atom. The molecule has 0 spiro atoms. The maximum atomic E-state index is 12.7. The summed E-state index contributed by atoms with van der Waals surface area (Å²) in [4.78, 5) is 25.9. The maximum absolute atomic E-state index is 12.7. The average Bonchev–Trinajstić information content (AvgIpc) is 2.73. The second-order valence-corrected chi connectivity index (χ2v) is 5.80. The highest BCUT2D eigenvalue weighted by Crippen LogP contribution is 2.35. The van der Waals surface area contributed by atoms with E-state index >= 15 is 0 Å². The van der Waals surface area contributed by atoms with Crippen molar-refractivity contribution in [2.75, 3.05) is 13.1 Å². The van der Waals surface area contributed by atoms with E-state index in [4.69, 9.17) is 0 Å². The molecule has 0 aliphatic carbocycles. The first-order valence-corrected chi connectivity index (χ1v) is 7.12. The van der Waals surface area contributed by atoms with Crippen molar-refractivity contribution in [3.8, 4) is 0 Å². The van der Waals surface area contributed by atoms with Gasteiger partial charge < -0.3 is 15.3 Å². The number of nitrogens with one attached hydrogen (secondary N) is 1. The van der Waals surface area contributed by atoms with Gasteiger partial charge in [0.05, 0.1) is 5.54 Å². The summed E-state index contributed by atoms with van der Waals surface area (Å²) in [6.45, 7) is 8.75. The minimum absolute atomic E-state index is 0.109. The fourth-order valence-corrected chi connectivity index (χ4v) is 3.03. The molecule has 1 fully saturated rings. The number of carboxylic acids is 1. The number of carboxylic acid groups (broad SMARTS) is 1. The lowest BCUT2D eigenvalue weighted by atomic mass is 9.89. The number of carbonyl (C=O) groups is 2. The number of hydrogen-bond acceptors (Lipinski definition) is 3. The second-order valence-electron chi connectivity index (χ2n) is 5.80. The van der Waals surface area contributed by atoms with Crippen molar-refractivity contribution in [1.29, 1.82) is 0 Å². The molecule has 110 valence electrons. The van der Waals surface area contributed by atoms with Crippen molar-refractivity contribution < 1.29 is 14.7 Å². The molecule has 1 amide bonds. The van der Waals surface area contributed by atoms with E-state index in [9.17, 15) is 14.7 Å². The molecule has 0 radical (unpaired) electrons. The van der Waals surface area contributed by atoms with E-state index in [2.05, 4.69) is 5.32 Å². The number of amides is 1. The van der Waals surface area contributed by atoms with Crippen LogP contribution in [0.2, 0.25) is 0 Å². The van der Waals surface area contributed by atoms with Gasteiger partial charge in [0.2, 0.25) is 5.91 Å². The Balaban J connectivity index is 3.03. The third kappa shape index (κ3) is 2.91. The summed E-state index contributed by atoms with van der Waals surface area (Å²) >= 11 is 0. The van der Waals surface area contributed by atoms with Crippen molar-refractivity contribution in [3.05, 3.63) is 0 Å².